The highest BCUT2D eigenvalue weighted by Gasteiger charge is 2.44. The number of nitrogens with one attached hydrogen (secondary N) is 2. The molecule has 612 valence electrons. The lowest BCUT2D eigenvalue weighted by Crippen LogP contribution is -2.30. The molecule has 4 amide bonds. The van der Waals surface area contributed by atoms with Gasteiger partial charge in [-0.2, -0.15) is 101 Å². The molecule has 10 aromatic carbocycles. The van der Waals surface area contributed by atoms with Crippen molar-refractivity contribution in [1.29, 1.82) is 0 Å². The number of anilines is 12. The average Bonchev–Trinajstić information content (AvgIpc) is 0.701. The zero-order valence-electron chi connectivity index (χ0n) is 55.1. The molecule has 4 aliphatic rings. The van der Waals surface area contributed by atoms with Crippen LogP contribution in [-0.2, 0) is 141 Å². The summed E-state index contributed by atoms with van der Waals surface area (Å²) in [6.45, 7) is 0. The molecule has 0 unspecified atom stereocenters. The van der Waals surface area contributed by atoms with Crippen molar-refractivity contribution >= 4 is 264 Å². The number of hydrogen-bond acceptors (Lipinski definition) is 31. The number of fused-ring (bicyclic) bond motifs is 8. The molecule has 116 heavy (non-hydrogen) atoms. The maximum Gasteiger partial charge on any atom is 0.295 e. The van der Waals surface area contributed by atoms with E-state index in [0.29, 0.717) is 12.1 Å². The van der Waals surface area contributed by atoms with Crippen LogP contribution in [0.4, 0.5) is 68.2 Å². The third-order valence-electron chi connectivity index (χ3n) is 17.3. The molecule has 0 saturated carbocycles. The van der Waals surface area contributed by atoms with E-state index in [1.807, 2.05) is 0 Å². The van der Waals surface area contributed by atoms with E-state index in [1.54, 1.807) is 0 Å². The number of ketones is 1. The van der Waals surface area contributed by atoms with Crippen molar-refractivity contribution in [3.63, 3.8) is 0 Å². The molecule has 0 radical (unpaired) electrons. The first-order valence-corrected chi connectivity index (χ1v) is 46.8. The fourth-order valence-electron chi connectivity index (χ4n) is 12.6. The molecule has 0 aromatic heterocycles. The quantitative estimate of drug-likeness (QED) is 0.0208. The van der Waals surface area contributed by atoms with Crippen molar-refractivity contribution in [3.05, 3.63) is 120 Å². The van der Waals surface area contributed by atoms with E-state index in [1.165, 1.54) is 0 Å². The third-order valence-corrected chi connectivity index (χ3v) is 27.4. The molecule has 47 nitrogen and oxygen atoms in total. The van der Waals surface area contributed by atoms with Gasteiger partial charge in [0, 0.05) is 21.5 Å². The van der Waals surface area contributed by atoms with Crippen molar-refractivity contribution < 1.29 is 180 Å². The van der Waals surface area contributed by atoms with E-state index in [-0.39, 0.29) is 117 Å². The Morgan fingerprint density at radius 3 is 0.586 bits per heavy atom. The van der Waals surface area contributed by atoms with Crippen LogP contribution in [0.5, 0.6) is 0 Å². The van der Waals surface area contributed by atoms with Crippen LogP contribution in [0.1, 0.15) is 15.9 Å². The normalized spacial score (nSPS) is 13.6. The van der Waals surface area contributed by atoms with E-state index >= 15 is 4.79 Å². The molecule has 4 bridgehead atoms. The number of benzene rings is 10. The summed E-state index contributed by atoms with van der Waals surface area (Å²) in [5.41, 5.74) is -17.4. The minimum atomic E-state index is -6.08. The van der Waals surface area contributed by atoms with Crippen molar-refractivity contribution in [2.45, 2.75) is 58.7 Å². The van der Waals surface area contributed by atoms with Gasteiger partial charge in [-0.25, -0.2) is 0 Å². The Kier molecular flexibility index (Phi) is 19.9. The van der Waals surface area contributed by atoms with Gasteiger partial charge in [0.25, 0.3) is 121 Å². The molecule has 0 aliphatic carbocycles. The highest BCUT2D eigenvalue weighted by Crippen LogP contribution is 2.62. The van der Waals surface area contributed by atoms with Crippen molar-refractivity contribution in [1.82, 2.24) is 0 Å². The maximum atomic E-state index is 16.7. The summed E-state index contributed by atoms with van der Waals surface area (Å²) < 4.78 is 440. The number of hydrogen-bond donors (Lipinski definition) is 14. The summed E-state index contributed by atoms with van der Waals surface area (Å²) in [6, 6.07) is 3.26. The first-order valence-electron chi connectivity index (χ1n) is 29.5. The first kappa shape index (κ1) is 84.7. The predicted molar refractivity (Wildman–Crippen MR) is 389 cm³/mol. The summed E-state index contributed by atoms with van der Waals surface area (Å²) in [4.78, 5) is 54.6. The van der Waals surface area contributed by atoms with Crippen molar-refractivity contribution in [3.8, 4) is 0 Å². The van der Waals surface area contributed by atoms with Gasteiger partial charge in [0.15, 0.2) is 5.78 Å². The molecule has 0 atom stereocenters. The van der Waals surface area contributed by atoms with Crippen LogP contribution in [0.2, 0.25) is 0 Å². The summed E-state index contributed by atoms with van der Waals surface area (Å²) >= 11 is 0. The Bertz CT molecular complexity index is 7000. The van der Waals surface area contributed by atoms with Gasteiger partial charge in [-0.1, -0.05) is 0 Å². The van der Waals surface area contributed by atoms with E-state index in [9.17, 15) is 175 Å². The molecular formula is C57H36N6O41S12. The van der Waals surface area contributed by atoms with Gasteiger partial charge in [0.2, 0.25) is 25.6 Å². The molecular weight excluding hydrogens is 1810 g/mol. The topological polar surface area (TPSA) is 775 Å². The molecule has 0 spiro atoms. The van der Waals surface area contributed by atoms with E-state index < -0.39 is 334 Å². The second kappa shape index (κ2) is 27.2. The van der Waals surface area contributed by atoms with Crippen LogP contribution in [-0.4, -0.2) is 187 Å². The predicted octanol–water partition coefficient (Wildman–Crippen LogP) is 3.78. The number of nitrogens with zero attached hydrogens (tertiary/aromatic N) is 4. The standard InChI is InChI=1S/C57H36N6O41S12/c64-19-60(37-9-27(105(69,70)71)1-23-5-31(109(81,82)83)13-43(47(23)37)113(93,94)95)41-17-35(51-55(53(41)58-51)62(21-66)39-11-29(107(75,76)77)3-25-7-33(111(87,88)89)15-45(49(25)39)115(99,100)101)57(68)36-18-42(61(20-65)38-10-28(106(72,73)74)2-24-6-32(110(84,85)86)14-44(48(24)38)114(96,97)98)54-56(52(36)59-54)63(22-67)40-12-30(108(78,79)80)4-26-8-34(112(90,91)92)16-46(50(26)40)116(102,103)104/h1-22,58-59H,(H,69,70,71)(H,72,73,74)(H,75,76,77)(H,78,79,80)(H,81,82,83)(H,84,85,86)(H,87,88,89)(H,90,91,92)(H,93,94,95)(H,96,97,98)(H,99,100,101)(H,102,103,104). The van der Waals surface area contributed by atoms with E-state index in [2.05, 4.69) is 10.6 Å². The summed E-state index contributed by atoms with van der Waals surface area (Å²) in [5.74, 6) is -1.97. The number of rotatable bonds is 26. The third kappa shape index (κ3) is 14.9. The lowest BCUT2D eigenvalue weighted by Gasteiger charge is -2.39. The largest absolute Gasteiger partial charge is 0.350 e. The molecule has 0 saturated heterocycles. The average molecular weight is 1850 g/mol. The minimum Gasteiger partial charge on any atom is -0.350 e. The van der Waals surface area contributed by atoms with Gasteiger partial charge in [0.05, 0.1) is 119 Å². The van der Waals surface area contributed by atoms with Gasteiger partial charge in [0.1, 0.15) is 19.6 Å². The monoisotopic (exact) mass is 1840 g/mol. The number of carbonyl (C=O) groups excluding carboxylic acids is 5. The molecule has 14 rings (SSSR count). The van der Waals surface area contributed by atoms with Gasteiger partial charge in [-0.3, -0.25) is 98.2 Å². The lowest BCUT2D eigenvalue weighted by atomic mass is 9.88. The molecule has 4 heterocycles. The molecule has 0 fully saturated rings. The Hall–Kier alpha value is -10.7. The van der Waals surface area contributed by atoms with Crippen LogP contribution in [0.15, 0.2) is 168 Å². The second-order valence-corrected chi connectivity index (χ2v) is 41.0. The van der Waals surface area contributed by atoms with Crippen LogP contribution >= 0.6 is 0 Å². The summed E-state index contributed by atoms with van der Waals surface area (Å²) in [5, 5.41) is -4.80. The Balaban J connectivity index is 1.29. The Labute approximate surface area is 648 Å². The molecule has 4 aliphatic heterocycles. The van der Waals surface area contributed by atoms with E-state index in [4.69, 9.17) is 0 Å². The Morgan fingerprint density at radius 1 is 0.233 bits per heavy atom. The highest BCUT2D eigenvalue weighted by molar-refractivity contribution is 7.89. The number of amides is 4. The Morgan fingerprint density at radius 2 is 0.414 bits per heavy atom. The molecule has 14 N–H and O–H groups in total. The van der Waals surface area contributed by atoms with Crippen molar-refractivity contribution in [2.24, 2.45) is 0 Å². The smallest absolute Gasteiger partial charge is 0.295 e. The number of carbonyl (C=O) groups is 5. The lowest BCUT2D eigenvalue weighted by molar-refractivity contribution is -0.107. The van der Waals surface area contributed by atoms with Crippen molar-refractivity contribution in [2.75, 3.05) is 30.2 Å². The first-order chi connectivity index (χ1) is 52.8. The van der Waals surface area contributed by atoms with Gasteiger partial charge in [-0.05, 0) is 131 Å². The van der Waals surface area contributed by atoms with Crippen LogP contribution < -0.4 is 30.2 Å². The summed E-state index contributed by atoms with van der Waals surface area (Å²) in [6.07, 6.45) is -2.02. The fourth-order valence-corrected chi connectivity index (χ4v) is 20.3. The zero-order valence-corrected chi connectivity index (χ0v) is 64.9. The fraction of sp³-hybridized carbons (Fsp3) is 0. The second-order valence-electron chi connectivity index (χ2n) is 24.1. The van der Waals surface area contributed by atoms with Crippen LogP contribution in [0.25, 0.3) is 43.1 Å². The van der Waals surface area contributed by atoms with Gasteiger partial charge in [-0.15, -0.1) is 0 Å². The van der Waals surface area contributed by atoms with Gasteiger partial charge < -0.3 is 10.6 Å². The maximum absolute atomic E-state index is 16.7. The minimum absolute atomic E-state index is 0.00767. The summed E-state index contributed by atoms with van der Waals surface area (Å²) in [7, 11) is -70.6. The van der Waals surface area contributed by atoms with Gasteiger partial charge >= 0.3 is 0 Å². The molecule has 10 aromatic rings. The SMILES string of the molecule is O=CN(c1cc(C(=O)c2cc(N(C=O)c3cc(S(=O)(=O)O)cc4cc(S(=O)(=O)O)cc(S(=O)(=O)O)c34)c3c(N(C=O)c4cc(S(=O)(=O)O)cc5cc(S(=O)(=O)O)cc(S(=O)(=O)O)c45)c2N3)c2c(N(C=O)c3cc(S(=O)(=O)O)cc4cc(S(=O)(=O)O)cc(S(=O)(=O)O)c34)c1N2)c1cc(S(=O)(=O)O)cc2cc(S(=O)(=O)O)cc(S(=O)(=O)O)c12. The highest BCUT2D eigenvalue weighted by atomic mass is 32.3. The van der Waals surface area contributed by atoms with E-state index in [0.717, 1.165) is 0 Å². The van der Waals surface area contributed by atoms with Crippen LogP contribution in [0, 0.1) is 0 Å². The molecule has 59 heteroatoms. The zero-order chi connectivity index (χ0) is 86.5. The van der Waals surface area contributed by atoms with Crippen LogP contribution in [0.3, 0.4) is 0 Å².